The van der Waals surface area contributed by atoms with Crippen molar-refractivity contribution in [3.05, 3.63) is 46.2 Å². The van der Waals surface area contributed by atoms with Gasteiger partial charge >= 0.3 is 0 Å². The van der Waals surface area contributed by atoms with Crippen molar-refractivity contribution in [3.8, 4) is 0 Å². The van der Waals surface area contributed by atoms with Crippen molar-refractivity contribution in [3.63, 3.8) is 0 Å². The second kappa shape index (κ2) is 5.53. The third-order valence-electron chi connectivity index (χ3n) is 2.97. The minimum atomic E-state index is -0.384. The van der Waals surface area contributed by atoms with Gasteiger partial charge in [-0.1, -0.05) is 6.07 Å². The molecule has 0 radical (unpaired) electrons. The van der Waals surface area contributed by atoms with E-state index >= 15 is 0 Å². The fourth-order valence-corrected chi connectivity index (χ4v) is 1.87. The Morgan fingerprint density at radius 1 is 1.56 bits per heavy atom. The lowest BCUT2D eigenvalue weighted by atomic mass is 10.1. The standard InChI is InChI=1S/C13H16N2O3/c1-10-5-6-11(15(16)17)8-13(10)14-9-12-4-2-3-7-18-12/h3,5-8,12,14H,2,4,9H2,1H3. The first kappa shape index (κ1) is 12.4. The van der Waals surface area contributed by atoms with Crippen molar-refractivity contribution in [2.75, 3.05) is 11.9 Å². The van der Waals surface area contributed by atoms with Crippen LogP contribution in [0.1, 0.15) is 18.4 Å². The fourth-order valence-electron chi connectivity index (χ4n) is 1.87. The molecule has 1 aliphatic rings. The average Bonchev–Trinajstić information content (AvgIpc) is 2.38. The van der Waals surface area contributed by atoms with Gasteiger partial charge in [0.25, 0.3) is 5.69 Å². The largest absolute Gasteiger partial charge is 0.497 e. The Bertz CT molecular complexity index is 471. The molecule has 96 valence electrons. The maximum absolute atomic E-state index is 10.7. The van der Waals surface area contributed by atoms with Crippen molar-refractivity contribution < 1.29 is 9.66 Å². The second-order valence-corrected chi connectivity index (χ2v) is 4.34. The minimum Gasteiger partial charge on any atom is -0.497 e. The summed E-state index contributed by atoms with van der Waals surface area (Å²) in [6, 6.07) is 4.83. The zero-order chi connectivity index (χ0) is 13.0. The molecule has 1 heterocycles. The Kier molecular flexibility index (Phi) is 3.82. The SMILES string of the molecule is Cc1ccc([N+](=O)[O-])cc1NCC1CCC=CO1. The molecule has 18 heavy (non-hydrogen) atoms. The van der Waals surface area contributed by atoms with Crippen LogP contribution in [0.2, 0.25) is 0 Å². The highest BCUT2D eigenvalue weighted by atomic mass is 16.6. The molecule has 2 rings (SSSR count). The van der Waals surface area contributed by atoms with E-state index in [9.17, 15) is 10.1 Å². The molecule has 0 saturated heterocycles. The molecular formula is C13H16N2O3. The van der Waals surface area contributed by atoms with Gasteiger partial charge in [-0.25, -0.2) is 0 Å². The summed E-state index contributed by atoms with van der Waals surface area (Å²) in [7, 11) is 0. The molecule has 0 fully saturated rings. The van der Waals surface area contributed by atoms with Crippen LogP contribution in [0.3, 0.4) is 0 Å². The highest BCUT2D eigenvalue weighted by Gasteiger charge is 2.13. The lowest BCUT2D eigenvalue weighted by Gasteiger charge is -2.20. The molecule has 1 N–H and O–H groups in total. The number of nitro benzene ring substituents is 1. The van der Waals surface area contributed by atoms with E-state index < -0.39 is 0 Å². The first-order valence-electron chi connectivity index (χ1n) is 5.96. The Morgan fingerprint density at radius 3 is 3.06 bits per heavy atom. The molecule has 0 spiro atoms. The number of nitrogens with one attached hydrogen (secondary N) is 1. The Labute approximate surface area is 106 Å². The van der Waals surface area contributed by atoms with Crippen molar-refractivity contribution in [1.82, 2.24) is 0 Å². The number of aryl methyl sites for hydroxylation is 1. The molecular weight excluding hydrogens is 232 g/mol. The molecule has 1 atom stereocenters. The highest BCUT2D eigenvalue weighted by Crippen LogP contribution is 2.22. The van der Waals surface area contributed by atoms with Crippen molar-refractivity contribution in [2.45, 2.75) is 25.9 Å². The van der Waals surface area contributed by atoms with Gasteiger partial charge < -0.3 is 10.1 Å². The van der Waals surface area contributed by atoms with E-state index in [1.807, 2.05) is 13.0 Å². The van der Waals surface area contributed by atoms with Crippen LogP contribution in [-0.4, -0.2) is 17.6 Å². The molecule has 1 unspecified atom stereocenters. The lowest BCUT2D eigenvalue weighted by molar-refractivity contribution is -0.384. The van der Waals surface area contributed by atoms with Crippen molar-refractivity contribution >= 4 is 11.4 Å². The third kappa shape index (κ3) is 3.00. The van der Waals surface area contributed by atoms with Gasteiger partial charge in [-0.3, -0.25) is 10.1 Å². The predicted molar refractivity (Wildman–Crippen MR) is 69.6 cm³/mol. The molecule has 1 aliphatic heterocycles. The van der Waals surface area contributed by atoms with Gasteiger partial charge in [0.05, 0.1) is 17.7 Å². The van der Waals surface area contributed by atoms with Crippen LogP contribution >= 0.6 is 0 Å². The Hall–Kier alpha value is -2.04. The molecule has 0 bridgehead atoms. The van der Waals surface area contributed by atoms with E-state index in [1.54, 1.807) is 18.4 Å². The van der Waals surface area contributed by atoms with Gasteiger partial charge in [-0.05, 0) is 31.4 Å². The number of benzene rings is 1. The fraction of sp³-hybridized carbons (Fsp3) is 0.385. The predicted octanol–water partition coefficient (Wildman–Crippen LogP) is 3.01. The zero-order valence-corrected chi connectivity index (χ0v) is 10.3. The van der Waals surface area contributed by atoms with Crippen LogP contribution in [0.15, 0.2) is 30.5 Å². The van der Waals surface area contributed by atoms with Gasteiger partial charge in [0.15, 0.2) is 0 Å². The summed E-state index contributed by atoms with van der Waals surface area (Å²) in [6.07, 6.45) is 5.83. The summed E-state index contributed by atoms with van der Waals surface area (Å²) in [5.41, 5.74) is 1.89. The zero-order valence-electron chi connectivity index (χ0n) is 10.3. The first-order chi connectivity index (χ1) is 8.66. The van der Waals surface area contributed by atoms with Gasteiger partial charge in [-0.15, -0.1) is 0 Å². The van der Waals surface area contributed by atoms with Gasteiger partial charge in [0.2, 0.25) is 0 Å². The lowest BCUT2D eigenvalue weighted by Crippen LogP contribution is -2.23. The molecule has 1 aromatic carbocycles. The van der Waals surface area contributed by atoms with Crippen molar-refractivity contribution in [1.29, 1.82) is 0 Å². The quantitative estimate of drug-likeness (QED) is 0.657. The summed E-state index contributed by atoms with van der Waals surface area (Å²) in [5.74, 6) is 0. The minimum absolute atomic E-state index is 0.104. The molecule has 0 aliphatic carbocycles. The van der Waals surface area contributed by atoms with Gasteiger partial charge in [0, 0.05) is 17.8 Å². The maximum Gasteiger partial charge on any atom is 0.271 e. The maximum atomic E-state index is 10.7. The van der Waals surface area contributed by atoms with Crippen LogP contribution in [-0.2, 0) is 4.74 Å². The normalized spacial score (nSPS) is 18.2. The van der Waals surface area contributed by atoms with Crippen LogP contribution < -0.4 is 5.32 Å². The topological polar surface area (TPSA) is 64.4 Å². The summed E-state index contributed by atoms with van der Waals surface area (Å²) in [6.45, 7) is 2.58. The van der Waals surface area contributed by atoms with Gasteiger partial charge in [0.1, 0.15) is 6.10 Å². The smallest absolute Gasteiger partial charge is 0.271 e. The van der Waals surface area contributed by atoms with E-state index in [0.29, 0.717) is 6.54 Å². The molecule has 0 saturated carbocycles. The summed E-state index contributed by atoms with van der Waals surface area (Å²) in [4.78, 5) is 10.3. The molecule has 1 aromatic rings. The molecule has 5 nitrogen and oxygen atoms in total. The van der Waals surface area contributed by atoms with E-state index in [0.717, 1.165) is 24.1 Å². The van der Waals surface area contributed by atoms with Crippen LogP contribution in [0.25, 0.3) is 0 Å². The van der Waals surface area contributed by atoms with E-state index in [4.69, 9.17) is 4.74 Å². The average molecular weight is 248 g/mol. The van der Waals surface area contributed by atoms with E-state index in [1.165, 1.54) is 6.07 Å². The van der Waals surface area contributed by atoms with E-state index in [-0.39, 0.29) is 16.7 Å². The monoisotopic (exact) mass is 248 g/mol. The third-order valence-corrected chi connectivity index (χ3v) is 2.97. The number of anilines is 1. The Balaban J connectivity index is 2.01. The number of allylic oxidation sites excluding steroid dienone is 1. The number of rotatable bonds is 4. The number of hydrogen-bond acceptors (Lipinski definition) is 4. The summed E-state index contributed by atoms with van der Waals surface area (Å²) < 4.78 is 5.44. The summed E-state index contributed by atoms with van der Waals surface area (Å²) >= 11 is 0. The highest BCUT2D eigenvalue weighted by molar-refractivity contribution is 5.56. The molecule has 0 amide bonds. The van der Waals surface area contributed by atoms with Crippen LogP contribution in [0.5, 0.6) is 0 Å². The van der Waals surface area contributed by atoms with Crippen molar-refractivity contribution in [2.24, 2.45) is 0 Å². The van der Waals surface area contributed by atoms with Gasteiger partial charge in [-0.2, -0.15) is 0 Å². The first-order valence-corrected chi connectivity index (χ1v) is 5.96. The molecule has 0 aromatic heterocycles. The van der Waals surface area contributed by atoms with Crippen LogP contribution in [0, 0.1) is 17.0 Å². The number of non-ortho nitro benzene ring substituents is 1. The second-order valence-electron chi connectivity index (χ2n) is 4.34. The number of nitrogens with zero attached hydrogens (tertiary/aromatic N) is 1. The summed E-state index contributed by atoms with van der Waals surface area (Å²) in [5, 5.41) is 13.9. The van der Waals surface area contributed by atoms with E-state index in [2.05, 4.69) is 5.32 Å². The number of nitro groups is 1. The number of ether oxygens (including phenoxy) is 1. The van der Waals surface area contributed by atoms with Crippen LogP contribution in [0.4, 0.5) is 11.4 Å². The number of hydrogen-bond donors (Lipinski definition) is 1. The molecule has 5 heteroatoms. The Morgan fingerprint density at radius 2 is 2.39 bits per heavy atom.